The van der Waals surface area contributed by atoms with Gasteiger partial charge in [0.1, 0.15) is 4.90 Å². The average Bonchev–Trinajstić information content (AvgIpc) is 3.23. The molecule has 1 aliphatic rings. The molecule has 0 aliphatic carbocycles. The molecule has 1 unspecified atom stereocenters. The maximum atomic E-state index is 12.7. The number of aromatic nitrogens is 2. The standard InChI is InChI=1S/C19H16N4O4S/c24-16(18-21-15-8-4-5-9-17(15)28(25,26)23-18)11-10-14(19-22-20-12-27-19)13-6-2-1-3-7-13/h1-9,12,14H,10-11H2,(H,21,23). The third-order valence-electron chi connectivity index (χ3n) is 4.43. The number of carbonyl (C=O) groups is 1. The average molecular weight is 396 g/mol. The van der Waals surface area contributed by atoms with Gasteiger partial charge < -0.3 is 9.73 Å². The number of ketones is 1. The normalized spacial score (nSPS) is 15.8. The molecule has 1 N–H and O–H groups in total. The highest BCUT2D eigenvalue weighted by Gasteiger charge is 2.28. The van der Waals surface area contributed by atoms with Crippen LogP contribution in [0.5, 0.6) is 0 Å². The summed E-state index contributed by atoms with van der Waals surface area (Å²) in [5.74, 6) is -0.467. The predicted molar refractivity (Wildman–Crippen MR) is 102 cm³/mol. The van der Waals surface area contributed by atoms with Crippen molar-refractivity contribution < 1.29 is 17.6 Å². The van der Waals surface area contributed by atoms with Crippen LogP contribution in [-0.4, -0.2) is 30.2 Å². The summed E-state index contributed by atoms with van der Waals surface area (Å²) in [6, 6.07) is 15.8. The van der Waals surface area contributed by atoms with E-state index in [1.807, 2.05) is 30.3 Å². The molecule has 0 bridgehead atoms. The summed E-state index contributed by atoms with van der Waals surface area (Å²) in [5, 5.41) is 10.5. The molecule has 1 aromatic heterocycles. The molecule has 28 heavy (non-hydrogen) atoms. The number of sulfonamides is 1. The van der Waals surface area contributed by atoms with E-state index < -0.39 is 15.8 Å². The second kappa shape index (κ2) is 7.35. The van der Waals surface area contributed by atoms with Crippen LogP contribution in [0.3, 0.4) is 0 Å². The predicted octanol–water partition coefficient (Wildman–Crippen LogP) is 2.76. The van der Waals surface area contributed by atoms with Gasteiger partial charge in [0.15, 0.2) is 11.6 Å². The first-order valence-corrected chi connectivity index (χ1v) is 10.0. The number of hydrogen-bond acceptors (Lipinski definition) is 7. The molecule has 142 valence electrons. The van der Waals surface area contributed by atoms with Crippen LogP contribution in [0.2, 0.25) is 0 Å². The molecule has 3 aromatic rings. The Morgan fingerprint density at radius 1 is 1.07 bits per heavy atom. The Labute approximate surface area is 161 Å². The minimum Gasteiger partial charge on any atom is -0.427 e. The number of Topliss-reactive ketones (excluding diaryl/α,β-unsaturated/α-hetero) is 1. The molecule has 9 heteroatoms. The van der Waals surface area contributed by atoms with Gasteiger partial charge in [-0.15, -0.1) is 14.6 Å². The van der Waals surface area contributed by atoms with E-state index in [4.69, 9.17) is 4.42 Å². The van der Waals surface area contributed by atoms with Crippen molar-refractivity contribution in [1.82, 2.24) is 10.2 Å². The number of carbonyl (C=O) groups excluding carboxylic acids is 1. The van der Waals surface area contributed by atoms with Gasteiger partial charge in [0.2, 0.25) is 12.3 Å². The lowest BCUT2D eigenvalue weighted by molar-refractivity contribution is -0.113. The van der Waals surface area contributed by atoms with Gasteiger partial charge in [0, 0.05) is 6.42 Å². The van der Waals surface area contributed by atoms with Crippen LogP contribution >= 0.6 is 0 Å². The molecule has 0 fully saturated rings. The molecule has 0 radical (unpaired) electrons. The van der Waals surface area contributed by atoms with Gasteiger partial charge in [-0.3, -0.25) is 4.79 Å². The zero-order chi connectivity index (χ0) is 19.6. The first kappa shape index (κ1) is 18.1. The van der Waals surface area contributed by atoms with Gasteiger partial charge in [-0.2, -0.15) is 8.42 Å². The van der Waals surface area contributed by atoms with E-state index in [0.29, 0.717) is 18.0 Å². The lowest BCUT2D eigenvalue weighted by Crippen LogP contribution is -2.29. The van der Waals surface area contributed by atoms with Crippen LogP contribution in [-0.2, 0) is 14.8 Å². The maximum Gasteiger partial charge on any atom is 0.286 e. The van der Waals surface area contributed by atoms with E-state index in [0.717, 1.165) is 5.56 Å². The first-order chi connectivity index (χ1) is 13.5. The molecule has 8 nitrogen and oxygen atoms in total. The molecule has 0 spiro atoms. The van der Waals surface area contributed by atoms with Crippen molar-refractivity contribution in [1.29, 1.82) is 0 Å². The fraction of sp³-hybridized carbons (Fsp3) is 0.158. The van der Waals surface area contributed by atoms with Gasteiger partial charge in [-0.25, -0.2) is 0 Å². The number of nitrogens with zero attached hydrogens (tertiary/aromatic N) is 3. The van der Waals surface area contributed by atoms with Crippen LogP contribution in [0.1, 0.15) is 30.2 Å². The lowest BCUT2D eigenvalue weighted by atomic mass is 9.93. The van der Waals surface area contributed by atoms with Crippen molar-refractivity contribution in [3.63, 3.8) is 0 Å². The second-order valence-corrected chi connectivity index (χ2v) is 7.81. The smallest absolute Gasteiger partial charge is 0.286 e. The van der Waals surface area contributed by atoms with Gasteiger partial charge in [0.25, 0.3) is 10.0 Å². The van der Waals surface area contributed by atoms with Crippen molar-refractivity contribution in [2.24, 2.45) is 4.40 Å². The molecule has 2 aromatic carbocycles. The highest BCUT2D eigenvalue weighted by Crippen LogP contribution is 2.30. The molecule has 0 saturated carbocycles. The van der Waals surface area contributed by atoms with E-state index in [2.05, 4.69) is 19.9 Å². The van der Waals surface area contributed by atoms with Gasteiger partial charge in [0.05, 0.1) is 11.6 Å². The van der Waals surface area contributed by atoms with E-state index in [1.54, 1.807) is 18.2 Å². The Hall–Kier alpha value is -3.33. The molecule has 2 heterocycles. The summed E-state index contributed by atoms with van der Waals surface area (Å²) in [4.78, 5) is 12.7. The Morgan fingerprint density at radius 3 is 2.57 bits per heavy atom. The Bertz CT molecular complexity index is 1130. The fourth-order valence-electron chi connectivity index (χ4n) is 3.08. The van der Waals surface area contributed by atoms with Crippen molar-refractivity contribution in [2.75, 3.05) is 5.32 Å². The van der Waals surface area contributed by atoms with Crippen molar-refractivity contribution in [3.05, 3.63) is 72.4 Å². The van der Waals surface area contributed by atoms with Gasteiger partial charge in [-0.1, -0.05) is 42.5 Å². The van der Waals surface area contributed by atoms with E-state index in [1.165, 1.54) is 12.5 Å². The van der Waals surface area contributed by atoms with Crippen LogP contribution in [0.15, 0.2) is 74.7 Å². The first-order valence-electron chi connectivity index (χ1n) is 8.60. The highest BCUT2D eigenvalue weighted by molar-refractivity contribution is 7.90. The summed E-state index contributed by atoms with van der Waals surface area (Å²) in [6.45, 7) is 0. The van der Waals surface area contributed by atoms with E-state index in [-0.39, 0.29) is 23.1 Å². The van der Waals surface area contributed by atoms with Crippen molar-refractivity contribution in [2.45, 2.75) is 23.7 Å². The van der Waals surface area contributed by atoms with Crippen LogP contribution in [0, 0.1) is 0 Å². The fourth-order valence-corrected chi connectivity index (χ4v) is 4.21. The molecule has 1 atom stereocenters. The largest absolute Gasteiger partial charge is 0.427 e. The van der Waals surface area contributed by atoms with Gasteiger partial charge in [-0.05, 0) is 24.1 Å². The second-order valence-electron chi connectivity index (χ2n) is 6.24. The zero-order valence-electron chi connectivity index (χ0n) is 14.6. The molecular weight excluding hydrogens is 380 g/mol. The number of fused-ring (bicyclic) bond motifs is 1. The monoisotopic (exact) mass is 396 g/mol. The SMILES string of the molecule is O=C(CCC(c1ccccc1)c1nnco1)C1=NS(=O)(=O)c2ccccc2N1. The molecule has 0 saturated heterocycles. The third kappa shape index (κ3) is 3.56. The van der Waals surface area contributed by atoms with Crippen LogP contribution in [0.4, 0.5) is 5.69 Å². The van der Waals surface area contributed by atoms with Crippen LogP contribution < -0.4 is 5.32 Å². The number of benzene rings is 2. The lowest BCUT2D eigenvalue weighted by Gasteiger charge is -2.18. The third-order valence-corrected chi connectivity index (χ3v) is 5.77. The van der Waals surface area contributed by atoms with E-state index >= 15 is 0 Å². The number of amidine groups is 1. The molecule has 4 rings (SSSR count). The number of anilines is 1. The van der Waals surface area contributed by atoms with E-state index in [9.17, 15) is 13.2 Å². The van der Waals surface area contributed by atoms with Crippen molar-refractivity contribution >= 4 is 27.3 Å². The quantitative estimate of drug-likeness (QED) is 0.681. The maximum absolute atomic E-state index is 12.7. The Morgan fingerprint density at radius 2 is 1.82 bits per heavy atom. The molecule has 1 aliphatic heterocycles. The number of nitrogens with one attached hydrogen (secondary N) is 1. The minimum atomic E-state index is -3.91. The number of rotatable bonds is 6. The number of para-hydroxylation sites is 1. The summed E-state index contributed by atoms with van der Waals surface area (Å²) >= 11 is 0. The summed E-state index contributed by atoms with van der Waals surface area (Å²) in [5.41, 5.74) is 1.27. The minimum absolute atomic E-state index is 0.0552. The Balaban J connectivity index is 1.54. The molecular formula is C19H16N4O4S. The summed E-state index contributed by atoms with van der Waals surface area (Å²) in [7, 11) is -3.91. The Kier molecular flexibility index (Phi) is 4.74. The van der Waals surface area contributed by atoms with Crippen LogP contribution in [0.25, 0.3) is 0 Å². The molecule has 0 amide bonds. The summed E-state index contributed by atoms with van der Waals surface area (Å²) in [6.07, 6.45) is 1.67. The summed E-state index contributed by atoms with van der Waals surface area (Å²) < 4.78 is 33.6. The topological polar surface area (TPSA) is 115 Å². The van der Waals surface area contributed by atoms with Crippen molar-refractivity contribution in [3.8, 4) is 0 Å². The zero-order valence-corrected chi connectivity index (χ0v) is 15.5. The van der Waals surface area contributed by atoms with Gasteiger partial charge >= 0.3 is 0 Å². The highest BCUT2D eigenvalue weighted by atomic mass is 32.2. The number of hydrogen-bond donors (Lipinski definition) is 1.